The summed E-state index contributed by atoms with van der Waals surface area (Å²) in [5, 5.41) is 5.60. The number of unbranched alkanes of at least 4 members (excludes halogenated alkanes) is 30. The molecule has 0 fully saturated rings. The molecule has 2 aromatic carbocycles. The van der Waals surface area contributed by atoms with E-state index in [0.29, 0.717) is 24.5 Å². The van der Waals surface area contributed by atoms with E-state index in [9.17, 15) is 9.59 Å². The number of benzene rings is 2. The summed E-state index contributed by atoms with van der Waals surface area (Å²) in [6, 6.07) is 18.7. The van der Waals surface area contributed by atoms with Crippen molar-refractivity contribution in [2.45, 2.75) is 226 Å². The lowest BCUT2D eigenvalue weighted by Crippen LogP contribution is -2.36. The third-order valence-corrected chi connectivity index (χ3v) is 12.9. The maximum Gasteiger partial charge on any atom is 0.411 e. The predicted octanol–water partition coefficient (Wildman–Crippen LogP) is 17.0. The summed E-state index contributed by atoms with van der Waals surface area (Å²) in [5.74, 6) is 0. The Morgan fingerprint density at radius 1 is 0.338 bits per heavy atom. The Morgan fingerprint density at radius 2 is 0.585 bits per heavy atom. The summed E-state index contributed by atoms with van der Waals surface area (Å²) < 4.78 is 11.1. The Morgan fingerprint density at radius 3 is 0.877 bits per heavy atom. The summed E-state index contributed by atoms with van der Waals surface area (Å²) >= 11 is 0. The monoisotopic (exact) mass is 905 g/mol. The number of nitrogens with one attached hydrogen (secondary N) is 2. The molecule has 0 aliphatic heterocycles. The predicted molar refractivity (Wildman–Crippen MR) is 279 cm³/mol. The second-order valence-electron chi connectivity index (χ2n) is 18.9. The minimum atomic E-state index is -0.460. The van der Waals surface area contributed by atoms with Gasteiger partial charge >= 0.3 is 12.2 Å². The van der Waals surface area contributed by atoms with Crippen molar-refractivity contribution in [3.63, 3.8) is 0 Å². The number of nitrogens with zero attached hydrogens (tertiary/aromatic N) is 2. The molecular weight excluding hydrogens is 805 g/mol. The molecule has 65 heavy (non-hydrogen) atoms. The molecule has 2 aromatic rings. The number of hydrogen-bond acceptors (Lipinski definition) is 6. The molecule has 2 rings (SSSR count). The Kier molecular flexibility index (Phi) is 39.9. The SMILES string of the molecule is CCCCCCCCCCCCCCCCCCN(CCCCCCCCCCCCCCCCCC)CCCN(CCOC(=O)Nc1ccccc1)CCOC(=O)Nc1ccccc1. The third-order valence-electron chi connectivity index (χ3n) is 12.9. The molecular formula is C57H100N4O4. The Hall–Kier alpha value is -3.10. The fraction of sp³-hybridized carbons (Fsp3) is 0.754. The first-order valence-electron chi connectivity index (χ1n) is 27.5. The number of carbonyl (C=O) groups is 2. The maximum absolute atomic E-state index is 12.5. The van der Waals surface area contributed by atoms with Crippen LogP contribution >= 0.6 is 0 Å². The molecule has 0 aliphatic carbocycles. The minimum absolute atomic E-state index is 0.261. The average Bonchev–Trinajstić information content (AvgIpc) is 3.31. The first-order valence-corrected chi connectivity index (χ1v) is 27.5. The first-order chi connectivity index (χ1) is 32.1. The zero-order valence-electron chi connectivity index (χ0n) is 42.3. The summed E-state index contributed by atoms with van der Waals surface area (Å²) in [6.07, 6.45) is 44.8. The molecule has 0 bridgehead atoms. The molecule has 0 spiro atoms. The smallest absolute Gasteiger partial charge is 0.411 e. The van der Waals surface area contributed by atoms with E-state index < -0.39 is 12.2 Å². The van der Waals surface area contributed by atoms with Crippen LogP contribution in [0.1, 0.15) is 226 Å². The number of ether oxygens (including phenoxy) is 2. The Labute approximate surface area is 400 Å². The van der Waals surface area contributed by atoms with Crippen molar-refractivity contribution in [2.24, 2.45) is 0 Å². The molecule has 372 valence electrons. The van der Waals surface area contributed by atoms with Crippen LogP contribution < -0.4 is 10.6 Å². The van der Waals surface area contributed by atoms with Gasteiger partial charge in [-0.05, 0) is 69.7 Å². The van der Waals surface area contributed by atoms with Crippen LogP contribution in [0, 0.1) is 0 Å². The van der Waals surface area contributed by atoms with Crippen LogP contribution in [0.3, 0.4) is 0 Å². The molecule has 2 amide bonds. The topological polar surface area (TPSA) is 83.1 Å². The lowest BCUT2D eigenvalue weighted by molar-refractivity contribution is 0.114. The molecule has 0 heterocycles. The van der Waals surface area contributed by atoms with Gasteiger partial charge in [-0.15, -0.1) is 0 Å². The molecule has 0 atom stereocenters. The third kappa shape index (κ3) is 37.7. The number of hydrogen-bond donors (Lipinski definition) is 2. The average molecular weight is 905 g/mol. The van der Waals surface area contributed by atoms with Gasteiger partial charge in [0, 0.05) is 24.5 Å². The van der Waals surface area contributed by atoms with Crippen LogP contribution in [0.25, 0.3) is 0 Å². The fourth-order valence-corrected chi connectivity index (χ4v) is 8.84. The van der Waals surface area contributed by atoms with Crippen LogP contribution in [-0.2, 0) is 9.47 Å². The van der Waals surface area contributed by atoms with Gasteiger partial charge in [0.05, 0.1) is 0 Å². The summed E-state index contributed by atoms with van der Waals surface area (Å²) in [5.41, 5.74) is 1.42. The zero-order chi connectivity index (χ0) is 46.4. The second kappa shape index (κ2) is 44.7. The van der Waals surface area contributed by atoms with E-state index in [-0.39, 0.29) is 13.2 Å². The largest absolute Gasteiger partial charge is 0.448 e. The number of amides is 2. The summed E-state index contributed by atoms with van der Waals surface area (Å²) in [4.78, 5) is 30.0. The van der Waals surface area contributed by atoms with Crippen molar-refractivity contribution in [1.82, 2.24) is 9.80 Å². The van der Waals surface area contributed by atoms with Crippen LogP contribution in [0.2, 0.25) is 0 Å². The molecule has 0 saturated heterocycles. The highest BCUT2D eigenvalue weighted by Crippen LogP contribution is 2.17. The first kappa shape index (κ1) is 58.0. The van der Waals surface area contributed by atoms with E-state index in [1.54, 1.807) is 0 Å². The molecule has 8 heteroatoms. The molecule has 2 N–H and O–H groups in total. The fourth-order valence-electron chi connectivity index (χ4n) is 8.84. The highest BCUT2D eigenvalue weighted by Gasteiger charge is 2.12. The number of para-hydroxylation sites is 2. The molecule has 0 aromatic heterocycles. The molecule has 8 nitrogen and oxygen atoms in total. The quantitative estimate of drug-likeness (QED) is 0.0644. The summed E-state index contributed by atoms with van der Waals surface area (Å²) in [6.45, 7) is 10.5. The van der Waals surface area contributed by atoms with Gasteiger partial charge < -0.3 is 14.4 Å². The number of carbonyl (C=O) groups excluding carboxylic acids is 2. The van der Waals surface area contributed by atoms with Gasteiger partial charge in [0.15, 0.2) is 0 Å². The van der Waals surface area contributed by atoms with Crippen molar-refractivity contribution in [1.29, 1.82) is 0 Å². The highest BCUT2D eigenvalue weighted by molar-refractivity contribution is 5.85. The molecule has 0 radical (unpaired) electrons. The molecule has 0 saturated carbocycles. The van der Waals surface area contributed by atoms with Crippen molar-refractivity contribution < 1.29 is 19.1 Å². The Balaban J connectivity index is 1.74. The Bertz CT molecular complexity index is 1220. The van der Waals surface area contributed by atoms with E-state index in [2.05, 4.69) is 34.3 Å². The van der Waals surface area contributed by atoms with Crippen LogP contribution in [0.4, 0.5) is 21.0 Å². The van der Waals surface area contributed by atoms with Gasteiger partial charge in [-0.1, -0.05) is 243 Å². The highest BCUT2D eigenvalue weighted by atomic mass is 16.6. The van der Waals surface area contributed by atoms with Gasteiger partial charge in [0.1, 0.15) is 13.2 Å². The van der Waals surface area contributed by atoms with Gasteiger partial charge in [-0.3, -0.25) is 15.5 Å². The maximum atomic E-state index is 12.5. The van der Waals surface area contributed by atoms with E-state index in [1.165, 1.54) is 219 Å². The van der Waals surface area contributed by atoms with Gasteiger partial charge in [0.2, 0.25) is 0 Å². The molecule has 0 unspecified atom stereocenters. The number of anilines is 2. The lowest BCUT2D eigenvalue weighted by Gasteiger charge is -2.26. The van der Waals surface area contributed by atoms with Crippen LogP contribution in [-0.4, -0.2) is 74.5 Å². The zero-order valence-corrected chi connectivity index (χ0v) is 42.3. The van der Waals surface area contributed by atoms with Crippen LogP contribution in [0.15, 0.2) is 60.7 Å². The van der Waals surface area contributed by atoms with E-state index >= 15 is 0 Å². The summed E-state index contributed by atoms with van der Waals surface area (Å²) in [7, 11) is 0. The number of rotatable bonds is 46. The normalized spacial score (nSPS) is 11.4. The van der Waals surface area contributed by atoms with Crippen molar-refractivity contribution >= 4 is 23.6 Å². The van der Waals surface area contributed by atoms with Crippen molar-refractivity contribution in [3.8, 4) is 0 Å². The lowest BCUT2D eigenvalue weighted by atomic mass is 10.0. The molecule has 0 aliphatic rings. The van der Waals surface area contributed by atoms with E-state index in [1.807, 2.05) is 60.7 Å². The second-order valence-corrected chi connectivity index (χ2v) is 18.9. The van der Waals surface area contributed by atoms with E-state index in [4.69, 9.17) is 9.47 Å². The van der Waals surface area contributed by atoms with Crippen molar-refractivity contribution in [3.05, 3.63) is 60.7 Å². The van der Waals surface area contributed by atoms with Gasteiger partial charge in [-0.25, -0.2) is 9.59 Å². The minimum Gasteiger partial charge on any atom is -0.448 e. The van der Waals surface area contributed by atoms with Crippen molar-refractivity contribution in [2.75, 3.05) is 63.1 Å². The standard InChI is InChI=1S/C57H100N4O4/c1-3-5-7-9-11-13-15-17-19-21-23-25-27-29-31-39-46-60(47-40-32-30-28-26-24-22-20-18-16-14-12-10-8-6-4-2)48-41-49-61(50-52-64-56(62)58-54-42-35-33-36-43-54)51-53-65-57(63)59-55-44-37-34-38-45-55/h33-38,42-45H,3-32,39-41,46-53H2,1-2H3,(H,58,62)(H,59,63). The van der Waals surface area contributed by atoms with Gasteiger partial charge in [-0.2, -0.15) is 0 Å². The van der Waals surface area contributed by atoms with Crippen LogP contribution in [0.5, 0.6) is 0 Å². The van der Waals surface area contributed by atoms with E-state index in [0.717, 1.165) is 19.5 Å². The van der Waals surface area contributed by atoms with Gasteiger partial charge in [0.25, 0.3) is 0 Å².